The minimum Gasteiger partial charge on any atom is -0.465 e. The number of nitrogens with zero attached hydrogens (tertiary/aromatic N) is 2. The highest BCUT2D eigenvalue weighted by molar-refractivity contribution is 9.10. The molecule has 0 unspecified atom stereocenters. The van der Waals surface area contributed by atoms with Gasteiger partial charge in [0.05, 0.1) is 7.11 Å². The lowest BCUT2D eigenvalue weighted by Gasteiger charge is -2.32. The van der Waals surface area contributed by atoms with Crippen molar-refractivity contribution in [1.29, 1.82) is 0 Å². The van der Waals surface area contributed by atoms with Crippen LogP contribution >= 0.6 is 15.9 Å². The monoisotopic (exact) mass is 403 g/mol. The molecule has 1 aliphatic heterocycles. The first-order valence-corrected chi connectivity index (χ1v) is 9.21. The molecule has 2 heterocycles. The number of carbonyl (C=O) groups is 1. The number of piperidine rings is 1. The minimum absolute atomic E-state index is 0.309. The number of hydrogen-bond donors (Lipinski definition) is 1. The summed E-state index contributed by atoms with van der Waals surface area (Å²) in [5.74, 6) is 0.217. The number of likely N-dealkylation sites (tertiary alicyclic amines) is 1. The van der Waals surface area contributed by atoms with Gasteiger partial charge in [-0.25, -0.2) is 9.78 Å². The van der Waals surface area contributed by atoms with E-state index in [2.05, 4.69) is 55.4 Å². The normalized spacial score (nSPS) is 15.8. The Labute approximate surface area is 156 Å². The van der Waals surface area contributed by atoms with Gasteiger partial charge in [0.15, 0.2) is 0 Å². The van der Waals surface area contributed by atoms with E-state index < -0.39 is 0 Å². The summed E-state index contributed by atoms with van der Waals surface area (Å²) in [6.07, 6.45) is 3.73. The molecule has 0 aliphatic carbocycles. The van der Waals surface area contributed by atoms with Crippen LogP contribution in [0.1, 0.15) is 28.8 Å². The molecule has 1 fully saturated rings. The zero-order valence-electron chi connectivity index (χ0n) is 14.2. The number of hydrogen-bond acceptors (Lipinski definition) is 5. The van der Waals surface area contributed by atoms with Gasteiger partial charge in [-0.3, -0.25) is 4.90 Å². The smallest absolute Gasteiger partial charge is 0.341 e. The summed E-state index contributed by atoms with van der Waals surface area (Å²) in [4.78, 5) is 18.8. The van der Waals surface area contributed by atoms with E-state index in [4.69, 9.17) is 4.74 Å². The SMILES string of the molecule is COC(=O)c1cc(Br)cnc1NC1CCN(Cc2ccccc2)CC1. The second-order valence-corrected chi connectivity index (χ2v) is 7.14. The summed E-state index contributed by atoms with van der Waals surface area (Å²) in [5.41, 5.74) is 1.81. The molecule has 0 bridgehead atoms. The zero-order valence-corrected chi connectivity index (χ0v) is 15.8. The number of aromatic nitrogens is 1. The summed E-state index contributed by atoms with van der Waals surface area (Å²) in [6.45, 7) is 3.03. The summed E-state index contributed by atoms with van der Waals surface area (Å²) in [5, 5.41) is 3.42. The van der Waals surface area contributed by atoms with Gasteiger partial charge in [0.1, 0.15) is 11.4 Å². The standard InChI is InChI=1S/C19H22BrN3O2/c1-25-19(24)17-11-15(20)12-21-18(17)22-16-7-9-23(10-8-16)13-14-5-3-2-4-6-14/h2-6,11-12,16H,7-10,13H2,1H3,(H,21,22). The molecule has 132 valence electrons. The van der Waals surface area contributed by atoms with E-state index in [0.717, 1.165) is 36.9 Å². The molecular weight excluding hydrogens is 382 g/mol. The molecule has 1 aromatic carbocycles. The quantitative estimate of drug-likeness (QED) is 0.771. The lowest BCUT2D eigenvalue weighted by Crippen LogP contribution is -2.39. The van der Waals surface area contributed by atoms with Crippen molar-refractivity contribution in [2.24, 2.45) is 0 Å². The first-order chi connectivity index (χ1) is 12.2. The van der Waals surface area contributed by atoms with Crippen molar-refractivity contribution in [3.8, 4) is 0 Å². The molecule has 0 saturated carbocycles. The van der Waals surface area contributed by atoms with Crippen LogP contribution in [0.2, 0.25) is 0 Å². The number of anilines is 1. The van der Waals surface area contributed by atoms with E-state index in [1.807, 2.05) is 6.07 Å². The van der Waals surface area contributed by atoms with Crippen LogP contribution in [0.15, 0.2) is 47.1 Å². The van der Waals surface area contributed by atoms with Gasteiger partial charge in [-0.1, -0.05) is 30.3 Å². The average Bonchev–Trinajstić information content (AvgIpc) is 2.65. The molecule has 1 saturated heterocycles. The Bertz CT molecular complexity index is 716. The molecule has 25 heavy (non-hydrogen) atoms. The Morgan fingerprint density at radius 1 is 1.32 bits per heavy atom. The molecule has 0 amide bonds. The Morgan fingerprint density at radius 2 is 2.04 bits per heavy atom. The number of benzene rings is 1. The van der Waals surface area contributed by atoms with Crippen molar-refractivity contribution in [2.75, 3.05) is 25.5 Å². The largest absolute Gasteiger partial charge is 0.465 e. The van der Waals surface area contributed by atoms with E-state index in [-0.39, 0.29) is 5.97 Å². The van der Waals surface area contributed by atoms with Crippen molar-refractivity contribution in [1.82, 2.24) is 9.88 Å². The maximum absolute atomic E-state index is 12.0. The summed E-state index contributed by atoms with van der Waals surface area (Å²) >= 11 is 3.35. The van der Waals surface area contributed by atoms with Crippen molar-refractivity contribution in [3.05, 3.63) is 58.2 Å². The predicted octanol–water partition coefficient (Wildman–Crippen LogP) is 3.71. The summed E-state index contributed by atoms with van der Waals surface area (Å²) in [7, 11) is 1.38. The molecule has 1 N–H and O–H groups in total. The van der Waals surface area contributed by atoms with Crippen molar-refractivity contribution in [2.45, 2.75) is 25.4 Å². The number of methoxy groups -OCH3 is 1. The van der Waals surface area contributed by atoms with Crippen LogP contribution in [0.3, 0.4) is 0 Å². The topological polar surface area (TPSA) is 54.5 Å². The fraction of sp³-hybridized carbons (Fsp3) is 0.368. The predicted molar refractivity (Wildman–Crippen MR) is 102 cm³/mol. The third kappa shape index (κ3) is 4.80. The highest BCUT2D eigenvalue weighted by Gasteiger charge is 2.22. The minimum atomic E-state index is -0.377. The number of rotatable bonds is 5. The van der Waals surface area contributed by atoms with Gasteiger partial charge in [0.2, 0.25) is 0 Å². The molecule has 1 aromatic heterocycles. The van der Waals surface area contributed by atoms with Gasteiger partial charge in [-0.2, -0.15) is 0 Å². The number of ether oxygens (including phenoxy) is 1. The highest BCUT2D eigenvalue weighted by Crippen LogP contribution is 2.22. The zero-order chi connectivity index (χ0) is 17.6. The average molecular weight is 404 g/mol. The Hall–Kier alpha value is -1.92. The molecule has 5 nitrogen and oxygen atoms in total. The third-order valence-electron chi connectivity index (χ3n) is 4.44. The van der Waals surface area contributed by atoms with E-state index in [1.54, 1.807) is 12.3 Å². The van der Waals surface area contributed by atoms with Crippen LogP contribution in [0.25, 0.3) is 0 Å². The van der Waals surface area contributed by atoms with Gasteiger partial charge < -0.3 is 10.1 Å². The fourth-order valence-corrected chi connectivity index (χ4v) is 3.42. The number of halogens is 1. The van der Waals surface area contributed by atoms with Crippen molar-refractivity contribution >= 4 is 27.7 Å². The fourth-order valence-electron chi connectivity index (χ4n) is 3.09. The van der Waals surface area contributed by atoms with Crippen LogP contribution in [0.4, 0.5) is 5.82 Å². The molecule has 6 heteroatoms. The van der Waals surface area contributed by atoms with Gasteiger partial charge in [-0.05, 0) is 40.4 Å². The molecule has 0 radical (unpaired) electrons. The first kappa shape index (κ1) is 17.9. The van der Waals surface area contributed by atoms with Crippen LogP contribution < -0.4 is 5.32 Å². The van der Waals surface area contributed by atoms with Crippen LogP contribution in [-0.4, -0.2) is 42.1 Å². The summed E-state index contributed by atoms with van der Waals surface area (Å²) < 4.78 is 5.62. The molecule has 1 aliphatic rings. The number of nitrogens with one attached hydrogen (secondary N) is 1. The van der Waals surface area contributed by atoms with E-state index in [1.165, 1.54) is 12.7 Å². The molecule has 2 aromatic rings. The van der Waals surface area contributed by atoms with Gasteiger partial charge in [0, 0.05) is 36.3 Å². The Morgan fingerprint density at radius 3 is 2.72 bits per heavy atom. The third-order valence-corrected chi connectivity index (χ3v) is 4.87. The van der Waals surface area contributed by atoms with Crippen LogP contribution in [-0.2, 0) is 11.3 Å². The Kier molecular flexibility index (Phi) is 6.04. The van der Waals surface area contributed by atoms with Gasteiger partial charge in [0.25, 0.3) is 0 Å². The van der Waals surface area contributed by atoms with E-state index in [0.29, 0.717) is 17.4 Å². The lowest BCUT2D eigenvalue weighted by molar-refractivity contribution is 0.0601. The second-order valence-electron chi connectivity index (χ2n) is 6.22. The highest BCUT2D eigenvalue weighted by atomic mass is 79.9. The molecular formula is C19H22BrN3O2. The lowest BCUT2D eigenvalue weighted by atomic mass is 10.0. The van der Waals surface area contributed by atoms with E-state index >= 15 is 0 Å². The Balaban J connectivity index is 1.58. The van der Waals surface area contributed by atoms with E-state index in [9.17, 15) is 4.79 Å². The molecule has 0 spiro atoms. The van der Waals surface area contributed by atoms with Crippen molar-refractivity contribution < 1.29 is 9.53 Å². The maximum atomic E-state index is 12.0. The molecule has 3 rings (SSSR count). The number of pyridine rings is 1. The van der Waals surface area contributed by atoms with Crippen LogP contribution in [0, 0.1) is 0 Å². The van der Waals surface area contributed by atoms with Gasteiger partial charge >= 0.3 is 5.97 Å². The maximum Gasteiger partial charge on any atom is 0.341 e. The number of esters is 1. The van der Waals surface area contributed by atoms with Crippen LogP contribution in [0.5, 0.6) is 0 Å². The second kappa shape index (κ2) is 8.45. The van der Waals surface area contributed by atoms with Crippen molar-refractivity contribution in [3.63, 3.8) is 0 Å². The molecule has 0 atom stereocenters. The van der Waals surface area contributed by atoms with Gasteiger partial charge in [-0.15, -0.1) is 0 Å². The number of carbonyl (C=O) groups excluding carboxylic acids is 1. The summed E-state index contributed by atoms with van der Waals surface area (Å²) in [6, 6.07) is 12.6. The first-order valence-electron chi connectivity index (χ1n) is 8.42.